The van der Waals surface area contributed by atoms with Gasteiger partial charge >= 0.3 is 0 Å². The molecule has 0 saturated carbocycles. The van der Waals surface area contributed by atoms with Gasteiger partial charge in [-0.3, -0.25) is 4.79 Å². The molecule has 1 amide bonds. The zero-order valence-corrected chi connectivity index (χ0v) is 9.71. The molecule has 0 aliphatic carbocycles. The molecule has 7 heteroatoms. The summed E-state index contributed by atoms with van der Waals surface area (Å²) in [5.74, 6) is -0.286. The lowest BCUT2D eigenvalue weighted by atomic mass is 10.1. The fourth-order valence-corrected chi connectivity index (χ4v) is 1.74. The van der Waals surface area contributed by atoms with E-state index in [4.69, 9.17) is 5.73 Å². The molecule has 3 N–H and O–H groups in total. The van der Waals surface area contributed by atoms with Crippen molar-refractivity contribution in [3.8, 4) is 0 Å². The number of nitrogens with two attached hydrogens (primary N) is 1. The van der Waals surface area contributed by atoms with Gasteiger partial charge in [0.25, 0.3) is 5.91 Å². The maximum absolute atomic E-state index is 11.7. The van der Waals surface area contributed by atoms with Gasteiger partial charge in [0.05, 0.1) is 5.60 Å². The second-order valence-electron chi connectivity index (χ2n) is 3.92. The number of likely N-dealkylation sites (N-methyl/N-ethyl adjacent to an activating group) is 1. The van der Waals surface area contributed by atoms with Crippen LogP contribution in [0.15, 0.2) is 0 Å². The molecule has 0 aromatic carbocycles. The summed E-state index contributed by atoms with van der Waals surface area (Å²) in [7, 11) is 1.60. The van der Waals surface area contributed by atoms with Crippen LogP contribution in [-0.2, 0) is 0 Å². The Hall–Kier alpha value is -1.21. The van der Waals surface area contributed by atoms with Crippen LogP contribution in [0.1, 0.15) is 23.6 Å². The fraction of sp³-hybridized carbons (Fsp3) is 0.625. The minimum atomic E-state index is -0.930. The van der Waals surface area contributed by atoms with Crippen molar-refractivity contribution in [3.63, 3.8) is 0 Å². The van der Waals surface area contributed by atoms with Crippen LogP contribution in [-0.4, -0.2) is 45.3 Å². The Bertz CT molecular complexity index is 358. The van der Waals surface area contributed by atoms with Gasteiger partial charge in [0.2, 0.25) is 10.1 Å². The predicted molar refractivity (Wildman–Crippen MR) is 57.6 cm³/mol. The number of amides is 1. The molecule has 15 heavy (non-hydrogen) atoms. The molecule has 1 heterocycles. The normalized spacial score (nSPS) is 11.5. The smallest absolute Gasteiger partial charge is 0.284 e. The summed E-state index contributed by atoms with van der Waals surface area (Å²) in [6, 6.07) is 0. The van der Waals surface area contributed by atoms with Crippen molar-refractivity contribution in [1.82, 2.24) is 15.1 Å². The number of hydrogen-bond acceptors (Lipinski definition) is 6. The molecular weight excluding hydrogens is 216 g/mol. The highest BCUT2D eigenvalue weighted by atomic mass is 32.1. The van der Waals surface area contributed by atoms with Gasteiger partial charge in [0, 0.05) is 13.6 Å². The third kappa shape index (κ3) is 3.45. The van der Waals surface area contributed by atoms with E-state index in [1.807, 2.05) is 0 Å². The third-order valence-corrected chi connectivity index (χ3v) is 2.33. The lowest BCUT2D eigenvalue weighted by Crippen LogP contribution is -2.39. The van der Waals surface area contributed by atoms with Crippen LogP contribution in [0.2, 0.25) is 0 Å². The fourth-order valence-electron chi connectivity index (χ4n) is 1.14. The highest BCUT2D eigenvalue weighted by Crippen LogP contribution is 2.14. The van der Waals surface area contributed by atoms with Crippen molar-refractivity contribution in [3.05, 3.63) is 5.01 Å². The first-order chi connectivity index (χ1) is 6.79. The first kappa shape index (κ1) is 11.9. The number of carbonyl (C=O) groups is 1. The van der Waals surface area contributed by atoms with Gasteiger partial charge in [0.1, 0.15) is 0 Å². The number of rotatable bonds is 3. The van der Waals surface area contributed by atoms with Gasteiger partial charge in [-0.2, -0.15) is 0 Å². The molecule has 0 aliphatic heterocycles. The van der Waals surface area contributed by atoms with E-state index in [1.54, 1.807) is 20.9 Å². The SMILES string of the molecule is CN(CC(C)(C)O)C(=O)c1nnc(N)s1. The number of nitrogens with zero attached hydrogens (tertiary/aromatic N) is 3. The summed E-state index contributed by atoms with van der Waals surface area (Å²) < 4.78 is 0. The molecule has 0 unspecified atom stereocenters. The summed E-state index contributed by atoms with van der Waals surface area (Å²) in [4.78, 5) is 13.1. The minimum Gasteiger partial charge on any atom is -0.389 e. The third-order valence-electron chi connectivity index (χ3n) is 1.59. The first-order valence-corrected chi connectivity index (χ1v) is 5.18. The topological polar surface area (TPSA) is 92.3 Å². The highest BCUT2D eigenvalue weighted by Gasteiger charge is 2.22. The standard InChI is InChI=1S/C8H14N4O2S/c1-8(2,14)4-12(3)6(13)5-10-11-7(9)15-5/h14H,4H2,1-3H3,(H2,9,11). The van der Waals surface area contributed by atoms with Gasteiger partial charge in [-0.05, 0) is 13.8 Å². The molecule has 0 atom stereocenters. The minimum absolute atomic E-state index is 0.227. The average molecular weight is 230 g/mol. The lowest BCUT2D eigenvalue weighted by molar-refractivity contribution is 0.0367. The first-order valence-electron chi connectivity index (χ1n) is 4.36. The summed E-state index contributed by atoms with van der Waals surface area (Å²) in [5.41, 5.74) is 4.44. The number of aliphatic hydroxyl groups is 1. The van der Waals surface area contributed by atoms with Crippen LogP contribution in [0.5, 0.6) is 0 Å². The lowest BCUT2D eigenvalue weighted by Gasteiger charge is -2.24. The second kappa shape index (κ2) is 4.11. The van der Waals surface area contributed by atoms with E-state index in [0.717, 1.165) is 11.3 Å². The Kier molecular flexibility index (Phi) is 3.25. The van der Waals surface area contributed by atoms with Gasteiger partial charge in [-0.25, -0.2) is 0 Å². The number of nitrogen functional groups attached to an aromatic ring is 1. The molecule has 0 radical (unpaired) electrons. The number of hydrogen-bond donors (Lipinski definition) is 2. The van der Waals surface area contributed by atoms with Crippen molar-refractivity contribution in [2.75, 3.05) is 19.3 Å². The Morgan fingerprint density at radius 3 is 2.60 bits per heavy atom. The monoisotopic (exact) mass is 230 g/mol. The molecule has 0 fully saturated rings. The largest absolute Gasteiger partial charge is 0.389 e. The Morgan fingerprint density at radius 2 is 2.20 bits per heavy atom. The molecule has 1 aromatic rings. The molecule has 0 spiro atoms. The van der Waals surface area contributed by atoms with E-state index in [-0.39, 0.29) is 22.6 Å². The number of aromatic nitrogens is 2. The molecular formula is C8H14N4O2S. The molecule has 84 valence electrons. The summed E-state index contributed by atoms with van der Waals surface area (Å²) in [5, 5.41) is 17.2. The number of carbonyl (C=O) groups excluding carboxylic acids is 1. The quantitative estimate of drug-likeness (QED) is 0.760. The van der Waals surface area contributed by atoms with E-state index in [0.29, 0.717) is 0 Å². The Labute approximate surface area is 91.7 Å². The second-order valence-corrected chi connectivity index (χ2v) is 4.93. The average Bonchev–Trinajstić information content (AvgIpc) is 2.47. The maximum Gasteiger partial charge on any atom is 0.284 e. The van der Waals surface area contributed by atoms with E-state index in [1.165, 1.54) is 4.90 Å². The Balaban J connectivity index is 2.69. The van der Waals surface area contributed by atoms with Crippen molar-refractivity contribution >= 4 is 22.4 Å². The summed E-state index contributed by atoms with van der Waals surface area (Å²) >= 11 is 1.03. The molecule has 6 nitrogen and oxygen atoms in total. The van der Waals surface area contributed by atoms with Crippen LogP contribution in [0.25, 0.3) is 0 Å². The van der Waals surface area contributed by atoms with E-state index in [2.05, 4.69) is 10.2 Å². The number of anilines is 1. The zero-order valence-electron chi connectivity index (χ0n) is 8.89. The van der Waals surface area contributed by atoms with Gasteiger partial charge < -0.3 is 15.7 Å². The molecule has 0 bridgehead atoms. The van der Waals surface area contributed by atoms with Crippen LogP contribution >= 0.6 is 11.3 Å². The van der Waals surface area contributed by atoms with E-state index in [9.17, 15) is 9.90 Å². The van der Waals surface area contributed by atoms with Crippen molar-refractivity contribution in [2.24, 2.45) is 0 Å². The highest BCUT2D eigenvalue weighted by molar-refractivity contribution is 7.16. The molecule has 0 aliphatic rings. The van der Waals surface area contributed by atoms with E-state index >= 15 is 0 Å². The summed E-state index contributed by atoms with van der Waals surface area (Å²) in [6.07, 6.45) is 0. The van der Waals surface area contributed by atoms with Crippen LogP contribution < -0.4 is 5.73 Å². The van der Waals surface area contributed by atoms with Crippen LogP contribution in [0.4, 0.5) is 5.13 Å². The van der Waals surface area contributed by atoms with Crippen LogP contribution in [0.3, 0.4) is 0 Å². The molecule has 0 saturated heterocycles. The van der Waals surface area contributed by atoms with Crippen molar-refractivity contribution in [1.29, 1.82) is 0 Å². The van der Waals surface area contributed by atoms with Gasteiger partial charge in [-0.15, -0.1) is 10.2 Å². The van der Waals surface area contributed by atoms with Crippen molar-refractivity contribution < 1.29 is 9.90 Å². The maximum atomic E-state index is 11.7. The summed E-state index contributed by atoms with van der Waals surface area (Å²) in [6.45, 7) is 3.49. The van der Waals surface area contributed by atoms with Gasteiger partial charge in [0.15, 0.2) is 0 Å². The molecule has 1 rings (SSSR count). The Morgan fingerprint density at radius 1 is 1.60 bits per heavy atom. The van der Waals surface area contributed by atoms with Crippen molar-refractivity contribution in [2.45, 2.75) is 19.4 Å². The molecule has 1 aromatic heterocycles. The van der Waals surface area contributed by atoms with Crippen LogP contribution in [0, 0.1) is 0 Å². The predicted octanol–water partition coefficient (Wildman–Crippen LogP) is -0.0368. The van der Waals surface area contributed by atoms with E-state index < -0.39 is 5.60 Å². The zero-order chi connectivity index (χ0) is 11.6. The van der Waals surface area contributed by atoms with Gasteiger partial charge in [-0.1, -0.05) is 11.3 Å².